The second-order valence-electron chi connectivity index (χ2n) is 2.60. The van der Waals surface area contributed by atoms with Gasteiger partial charge in [0.05, 0.1) is 17.9 Å². The zero-order chi connectivity index (χ0) is 9.84. The molecule has 1 aromatic heterocycles. The number of ether oxygens (including phenoxy) is 1. The third-order valence-electron chi connectivity index (χ3n) is 1.68. The molecule has 13 heavy (non-hydrogen) atoms. The van der Waals surface area contributed by atoms with Crippen molar-refractivity contribution in [2.75, 3.05) is 6.61 Å². The molecule has 4 heteroatoms. The summed E-state index contributed by atoms with van der Waals surface area (Å²) in [5.41, 5.74) is 0.870. The van der Waals surface area contributed by atoms with Crippen LogP contribution in [0, 0.1) is 0 Å². The lowest BCUT2D eigenvalue weighted by Gasteiger charge is -1.96. The molecule has 0 aliphatic carbocycles. The van der Waals surface area contributed by atoms with Crippen molar-refractivity contribution in [1.82, 2.24) is 4.57 Å². The molecule has 0 saturated carbocycles. The van der Waals surface area contributed by atoms with Crippen molar-refractivity contribution in [3.05, 3.63) is 23.5 Å². The summed E-state index contributed by atoms with van der Waals surface area (Å²) in [6.07, 6.45) is 2.27. The first-order valence-electron chi connectivity index (χ1n) is 3.97. The molecule has 0 bridgehead atoms. The van der Waals surface area contributed by atoms with Gasteiger partial charge in [-0.2, -0.15) is 0 Å². The molecule has 0 aromatic carbocycles. The van der Waals surface area contributed by atoms with Crippen LogP contribution in [0.25, 0.3) is 0 Å². The second kappa shape index (κ2) is 3.89. The number of hydrogen-bond donors (Lipinski definition) is 0. The van der Waals surface area contributed by atoms with Crippen LogP contribution in [0.5, 0.6) is 0 Å². The van der Waals surface area contributed by atoms with Crippen LogP contribution in [-0.4, -0.2) is 23.4 Å². The highest BCUT2D eigenvalue weighted by molar-refractivity contribution is 5.91. The number of aromatic nitrogens is 1. The Labute approximate surface area is 76.1 Å². The van der Waals surface area contributed by atoms with Crippen molar-refractivity contribution in [3.63, 3.8) is 0 Å². The van der Waals surface area contributed by atoms with Crippen LogP contribution in [0.15, 0.2) is 12.3 Å². The fourth-order valence-electron chi connectivity index (χ4n) is 1.02. The third-order valence-corrected chi connectivity index (χ3v) is 1.68. The van der Waals surface area contributed by atoms with Gasteiger partial charge in [0.1, 0.15) is 0 Å². The van der Waals surface area contributed by atoms with Gasteiger partial charge in [-0.1, -0.05) is 0 Å². The summed E-state index contributed by atoms with van der Waals surface area (Å²) >= 11 is 0. The van der Waals surface area contributed by atoms with Crippen LogP contribution in [-0.2, 0) is 11.8 Å². The quantitative estimate of drug-likeness (QED) is 0.516. The topological polar surface area (TPSA) is 48.3 Å². The molecule has 1 heterocycles. The Kier molecular flexibility index (Phi) is 2.84. The highest BCUT2D eigenvalue weighted by Crippen LogP contribution is 2.06. The minimum atomic E-state index is -0.397. The summed E-state index contributed by atoms with van der Waals surface area (Å²) in [7, 11) is 1.70. The molecule has 0 fully saturated rings. The maximum atomic E-state index is 11.2. The average Bonchev–Trinajstić information content (AvgIpc) is 2.47. The zero-order valence-corrected chi connectivity index (χ0v) is 7.61. The fraction of sp³-hybridized carbons (Fsp3) is 0.333. The zero-order valence-electron chi connectivity index (χ0n) is 7.61. The molecule has 0 spiro atoms. The van der Waals surface area contributed by atoms with E-state index >= 15 is 0 Å². The number of esters is 1. The van der Waals surface area contributed by atoms with Gasteiger partial charge in [0.15, 0.2) is 6.29 Å². The van der Waals surface area contributed by atoms with Crippen molar-refractivity contribution in [1.29, 1.82) is 0 Å². The highest BCUT2D eigenvalue weighted by atomic mass is 16.5. The minimum Gasteiger partial charge on any atom is -0.462 e. The van der Waals surface area contributed by atoms with Crippen LogP contribution < -0.4 is 0 Å². The summed E-state index contributed by atoms with van der Waals surface area (Å²) in [5.74, 6) is -0.397. The number of aldehydes is 1. The predicted octanol–water partition coefficient (Wildman–Crippen LogP) is 1.01. The van der Waals surface area contributed by atoms with Crippen LogP contribution in [0.1, 0.15) is 27.8 Å². The first kappa shape index (κ1) is 9.51. The summed E-state index contributed by atoms with van der Waals surface area (Å²) < 4.78 is 6.36. The van der Waals surface area contributed by atoms with Crippen molar-refractivity contribution in [3.8, 4) is 0 Å². The molecule has 70 valence electrons. The Hall–Kier alpha value is -1.58. The predicted molar refractivity (Wildman–Crippen MR) is 46.8 cm³/mol. The van der Waals surface area contributed by atoms with Gasteiger partial charge in [0.2, 0.25) is 0 Å². The Morgan fingerprint density at radius 1 is 1.69 bits per heavy atom. The van der Waals surface area contributed by atoms with Crippen molar-refractivity contribution >= 4 is 12.3 Å². The second-order valence-corrected chi connectivity index (χ2v) is 2.60. The average molecular weight is 181 g/mol. The molecule has 0 atom stereocenters. The number of aryl methyl sites for hydroxylation is 1. The van der Waals surface area contributed by atoms with E-state index in [4.69, 9.17) is 4.74 Å². The van der Waals surface area contributed by atoms with E-state index in [1.54, 1.807) is 24.7 Å². The number of carbonyl (C=O) groups excluding carboxylic acids is 2. The largest absolute Gasteiger partial charge is 0.462 e. The number of nitrogens with zero attached hydrogens (tertiary/aromatic N) is 1. The van der Waals surface area contributed by atoms with E-state index in [-0.39, 0.29) is 0 Å². The van der Waals surface area contributed by atoms with Crippen molar-refractivity contribution in [2.45, 2.75) is 6.92 Å². The van der Waals surface area contributed by atoms with E-state index in [2.05, 4.69) is 0 Å². The molecule has 1 rings (SSSR count). The monoisotopic (exact) mass is 181 g/mol. The van der Waals surface area contributed by atoms with Gasteiger partial charge >= 0.3 is 5.97 Å². The smallest absolute Gasteiger partial charge is 0.339 e. The fourth-order valence-corrected chi connectivity index (χ4v) is 1.02. The highest BCUT2D eigenvalue weighted by Gasteiger charge is 2.10. The van der Waals surface area contributed by atoms with Crippen LogP contribution in [0.3, 0.4) is 0 Å². The lowest BCUT2D eigenvalue weighted by Crippen LogP contribution is -2.02. The van der Waals surface area contributed by atoms with Gasteiger partial charge in [-0.3, -0.25) is 4.79 Å². The van der Waals surface area contributed by atoms with Crippen LogP contribution in [0.2, 0.25) is 0 Å². The minimum absolute atomic E-state index is 0.337. The molecule has 0 saturated heterocycles. The molecule has 0 unspecified atom stereocenters. The number of hydrogen-bond acceptors (Lipinski definition) is 3. The van der Waals surface area contributed by atoms with Gasteiger partial charge in [-0.05, 0) is 13.0 Å². The molecule has 0 aliphatic heterocycles. The van der Waals surface area contributed by atoms with Gasteiger partial charge in [0, 0.05) is 13.2 Å². The molecule has 1 aromatic rings. The van der Waals surface area contributed by atoms with Gasteiger partial charge in [-0.25, -0.2) is 4.79 Å². The number of carbonyl (C=O) groups is 2. The first-order chi connectivity index (χ1) is 6.19. The summed E-state index contributed by atoms with van der Waals surface area (Å²) in [6.45, 7) is 2.08. The van der Waals surface area contributed by atoms with E-state index in [1.165, 1.54) is 6.07 Å². The van der Waals surface area contributed by atoms with Gasteiger partial charge in [-0.15, -0.1) is 0 Å². The molecule has 4 nitrogen and oxygen atoms in total. The molecule has 0 aliphatic rings. The standard InChI is InChI=1S/C9H11NO3/c1-3-13-9(12)7-4-8(6-11)10(2)5-7/h4-6H,3H2,1-2H3. The lowest BCUT2D eigenvalue weighted by atomic mass is 10.3. The Morgan fingerprint density at radius 2 is 2.38 bits per heavy atom. The Balaban J connectivity index is 2.90. The molecule has 0 amide bonds. The van der Waals surface area contributed by atoms with E-state index in [9.17, 15) is 9.59 Å². The Morgan fingerprint density at radius 3 is 2.85 bits per heavy atom. The number of rotatable bonds is 3. The van der Waals surface area contributed by atoms with Crippen LogP contribution in [0.4, 0.5) is 0 Å². The van der Waals surface area contributed by atoms with Gasteiger partial charge in [0.25, 0.3) is 0 Å². The summed E-state index contributed by atoms with van der Waals surface area (Å²) in [6, 6.07) is 1.50. The first-order valence-corrected chi connectivity index (χ1v) is 3.97. The van der Waals surface area contributed by atoms with E-state index in [1.807, 2.05) is 0 Å². The molecule has 0 N–H and O–H groups in total. The lowest BCUT2D eigenvalue weighted by molar-refractivity contribution is 0.0526. The maximum Gasteiger partial charge on any atom is 0.339 e. The van der Waals surface area contributed by atoms with E-state index in [0.29, 0.717) is 24.2 Å². The third kappa shape index (κ3) is 1.96. The van der Waals surface area contributed by atoms with Gasteiger partial charge < -0.3 is 9.30 Å². The molecular weight excluding hydrogens is 170 g/mol. The van der Waals surface area contributed by atoms with E-state index in [0.717, 1.165) is 0 Å². The van der Waals surface area contributed by atoms with E-state index < -0.39 is 5.97 Å². The normalized spacial score (nSPS) is 9.69. The van der Waals surface area contributed by atoms with Crippen molar-refractivity contribution < 1.29 is 14.3 Å². The SMILES string of the molecule is CCOC(=O)c1cc(C=O)n(C)c1. The summed E-state index contributed by atoms with van der Waals surface area (Å²) in [5, 5.41) is 0. The van der Waals surface area contributed by atoms with Crippen LogP contribution >= 0.6 is 0 Å². The summed E-state index contributed by atoms with van der Waals surface area (Å²) in [4.78, 5) is 21.6. The Bertz CT molecular complexity index is 328. The molecular formula is C9H11NO3. The molecule has 0 radical (unpaired) electrons. The van der Waals surface area contributed by atoms with Crippen molar-refractivity contribution in [2.24, 2.45) is 7.05 Å². The maximum absolute atomic E-state index is 11.2.